The number of hydrogen-bond donors (Lipinski definition) is 1. The second kappa shape index (κ2) is 4.49. The number of imidazole rings is 1. The van der Waals surface area contributed by atoms with Gasteiger partial charge >= 0.3 is 6.18 Å². The van der Waals surface area contributed by atoms with Gasteiger partial charge in [-0.3, -0.25) is 0 Å². The van der Waals surface area contributed by atoms with Gasteiger partial charge in [0, 0.05) is 11.8 Å². The fourth-order valence-corrected chi connectivity index (χ4v) is 2.05. The molecule has 0 aliphatic heterocycles. The van der Waals surface area contributed by atoms with Crippen molar-refractivity contribution in [3.63, 3.8) is 0 Å². The van der Waals surface area contributed by atoms with Gasteiger partial charge in [0.25, 0.3) is 0 Å². The smallest absolute Gasteiger partial charge is 0.323 e. The van der Waals surface area contributed by atoms with Gasteiger partial charge in [0.05, 0.1) is 10.6 Å². The van der Waals surface area contributed by atoms with Gasteiger partial charge in [-0.1, -0.05) is 23.7 Å². The highest BCUT2D eigenvalue weighted by Gasteiger charge is 2.30. The minimum atomic E-state index is -4.39. The Morgan fingerprint density at radius 3 is 2.65 bits per heavy atom. The van der Waals surface area contributed by atoms with E-state index in [1.165, 1.54) is 12.3 Å². The molecule has 0 unspecified atom stereocenters. The average molecular weight is 298 g/mol. The van der Waals surface area contributed by atoms with E-state index in [2.05, 4.69) is 15.0 Å². The van der Waals surface area contributed by atoms with Gasteiger partial charge in [-0.15, -0.1) is 0 Å². The molecule has 0 aliphatic rings. The molecule has 0 fully saturated rings. The zero-order chi connectivity index (χ0) is 14.3. The Bertz CT molecular complexity index is 780. The maximum atomic E-state index is 12.7. The number of hydrogen-bond acceptors (Lipinski definition) is 2. The first kappa shape index (κ1) is 12.9. The normalized spacial score (nSPS) is 12.0. The van der Waals surface area contributed by atoms with Crippen LogP contribution in [-0.2, 0) is 6.18 Å². The lowest BCUT2D eigenvalue weighted by Crippen LogP contribution is -2.04. The molecule has 3 rings (SSSR count). The summed E-state index contributed by atoms with van der Waals surface area (Å²) in [6, 6.07) is 6.49. The lowest BCUT2D eigenvalue weighted by atomic mass is 10.1. The van der Waals surface area contributed by atoms with E-state index in [4.69, 9.17) is 11.6 Å². The first-order valence-electron chi connectivity index (χ1n) is 5.63. The highest BCUT2D eigenvalue weighted by Crippen LogP contribution is 2.32. The molecule has 0 amide bonds. The summed E-state index contributed by atoms with van der Waals surface area (Å²) in [5.41, 5.74) is 0.467. The van der Waals surface area contributed by atoms with Crippen LogP contribution in [0.2, 0.25) is 5.02 Å². The predicted octanol–water partition coefficient (Wildman–Crippen LogP) is 4.30. The number of nitrogens with zero attached hydrogens (tertiary/aromatic N) is 2. The predicted molar refractivity (Wildman–Crippen MR) is 69.3 cm³/mol. The molecule has 3 nitrogen and oxygen atoms in total. The largest absolute Gasteiger partial charge is 0.416 e. The van der Waals surface area contributed by atoms with E-state index >= 15 is 0 Å². The van der Waals surface area contributed by atoms with Crippen molar-refractivity contribution in [2.75, 3.05) is 0 Å². The van der Waals surface area contributed by atoms with Crippen LogP contribution >= 0.6 is 11.6 Å². The van der Waals surface area contributed by atoms with Crippen molar-refractivity contribution in [3.05, 3.63) is 47.1 Å². The topological polar surface area (TPSA) is 41.6 Å². The number of aromatic nitrogens is 3. The number of aromatic amines is 1. The van der Waals surface area contributed by atoms with E-state index in [1.807, 2.05) is 0 Å². The maximum absolute atomic E-state index is 12.7. The molecule has 102 valence electrons. The minimum absolute atomic E-state index is 0.298. The van der Waals surface area contributed by atoms with Crippen LogP contribution in [0.4, 0.5) is 13.2 Å². The zero-order valence-corrected chi connectivity index (χ0v) is 10.6. The number of halogens is 4. The van der Waals surface area contributed by atoms with Crippen molar-refractivity contribution in [2.45, 2.75) is 6.18 Å². The highest BCUT2D eigenvalue weighted by molar-refractivity contribution is 6.34. The Morgan fingerprint density at radius 1 is 1.15 bits per heavy atom. The van der Waals surface area contributed by atoms with E-state index in [0.29, 0.717) is 27.6 Å². The van der Waals surface area contributed by atoms with Crippen molar-refractivity contribution >= 4 is 22.8 Å². The summed E-state index contributed by atoms with van der Waals surface area (Å²) in [4.78, 5) is 11.1. The van der Waals surface area contributed by atoms with Crippen LogP contribution < -0.4 is 0 Å². The monoisotopic (exact) mass is 297 g/mol. The summed E-state index contributed by atoms with van der Waals surface area (Å²) in [6.45, 7) is 0. The summed E-state index contributed by atoms with van der Waals surface area (Å²) in [5.74, 6) is 0.298. The number of alkyl halides is 3. The molecular weight excluding hydrogens is 291 g/mol. The Hall–Kier alpha value is -2.08. The van der Waals surface area contributed by atoms with E-state index in [9.17, 15) is 13.2 Å². The van der Waals surface area contributed by atoms with Gasteiger partial charge in [0.15, 0.2) is 5.65 Å². The number of fused-ring (bicyclic) bond motifs is 1. The number of benzene rings is 1. The standard InChI is InChI=1S/C13H7ClF3N3/c14-9-4-5-18-12-10(9)19-11(20-12)7-2-1-3-8(6-7)13(15,16)17/h1-6H,(H,18,19,20). The van der Waals surface area contributed by atoms with Crippen LogP contribution in [0.1, 0.15) is 5.56 Å². The second-order valence-electron chi connectivity index (χ2n) is 4.15. The molecule has 3 aromatic rings. The van der Waals surface area contributed by atoms with Crippen LogP contribution in [0, 0.1) is 0 Å². The van der Waals surface area contributed by atoms with Gasteiger partial charge in [-0.25, -0.2) is 9.97 Å². The van der Waals surface area contributed by atoms with Gasteiger partial charge < -0.3 is 4.98 Å². The summed E-state index contributed by atoms with van der Waals surface area (Å²) in [7, 11) is 0. The van der Waals surface area contributed by atoms with Gasteiger partial charge in [-0.2, -0.15) is 13.2 Å². The van der Waals surface area contributed by atoms with Crippen LogP contribution in [0.15, 0.2) is 36.5 Å². The Kier molecular flexibility index (Phi) is 2.90. The molecule has 0 spiro atoms. The average Bonchev–Trinajstić information content (AvgIpc) is 2.83. The Balaban J connectivity index is 2.14. The first-order chi connectivity index (χ1) is 9.45. The van der Waals surface area contributed by atoms with Crippen molar-refractivity contribution in [3.8, 4) is 11.4 Å². The van der Waals surface area contributed by atoms with Crippen molar-refractivity contribution in [2.24, 2.45) is 0 Å². The SMILES string of the molecule is FC(F)(F)c1cccc(-c2nc3c(Cl)ccnc3[nH]2)c1. The van der Waals surface area contributed by atoms with E-state index in [1.54, 1.807) is 12.1 Å². The number of H-pyrrole nitrogens is 1. The lowest BCUT2D eigenvalue weighted by Gasteiger charge is -2.07. The fourth-order valence-electron chi connectivity index (χ4n) is 1.86. The minimum Gasteiger partial charge on any atom is -0.323 e. The molecule has 2 heterocycles. The van der Waals surface area contributed by atoms with Gasteiger partial charge in [-0.05, 0) is 18.2 Å². The molecular formula is C13H7ClF3N3. The summed E-state index contributed by atoms with van der Waals surface area (Å²) < 4.78 is 38.1. The highest BCUT2D eigenvalue weighted by atomic mass is 35.5. The molecule has 0 bridgehead atoms. The Labute approximate surface area is 116 Å². The van der Waals surface area contributed by atoms with E-state index in [0.717, 1.165) is 12.1 Å². The fraction of sp³-hybridized carbons (Fsp3) is 0.0769. The molecule has 7 heteroatoms. The molecule has 2 aromatic heterocycles. The third-order valence-corrected chi connectivity index (χ3v) is 3.10. The molecule has 1 aromatic carbocycles. The van der Waals surface area contributed by atoms with Crippen molar-refractivity contribution < 1.29 is 13.2 Å². The molecule has 0 saturated carbocycles. The van der Waals surface area contributed by atoms with Crippen molar-refractivity contribution in [1.82, 2.24) is 15.0 Å². The summed E-state index contributed by atoms with van der Waals surface area (Å²) >= 11 is 5.96. The maximum Gasteiger partial charge on any atom is 0.416 e. The van der Waals surface area contributed by atoms with Gasteiger partial charge in [0.1, 0.15) is 11.3 Å². The Morgan fingerprint density at radius 2 is 1.95 bits per heavy atom. The molecule has 0 aliphatic carbocycles. The van der Waals surface area contributed by atoms with Crippen molar-refractivity contribution in [1.29, 1.82) is 0 Å². The summed E-state index contributed by atoms with van der Waals surface area (Å²) in [5, 5.41) is 0.393. The van der Waals surface area contributed by atoms with Crippen LogP contribution in [0.25, 0.3) is 22.6 Å². The zero-order valence-electron chi connectivity index (χ0n) is 9.87. The number of pyridine rings is 1. The van der Waals surface area contributed by atoms with Gasteiger partial charge in [0.2, 0.25) is 0 Å². The van der Waals surface area contributed by atoms with Crippen LogP contribution in [0.5, 0.6) is 0 Å². The number of rotatable bonds is 1. The third-order valence-electron chi connectivity index (χ3n) is 2.80. The summed E-state index contributed by atoms with van der Waals surface area (Å²) in [6.07, 6.45) is -2.89. The molecule has 20 heavy (non-hydrogen) atoms. The molecule has 1 N–H and O–H groups in total. The van der Waals surface area contributed by atoms with E-state index in [-0.39, 0.29) is 0 Å². The van der Waals surface area contributed by atoms with Crippen LogP contribution in [0.3, 0.4) is 0 Å². The lowest BCUT2D eigenvalue weighted by molar-refractivity contribution is -0.137. The van der Waals surface area contributed by atoms with Crippen LogP contribution in [-0.4, -0.2) is 15.0 Å². The molecule has 0 atom stereocenters. The third kappa shape index (κ3) is 2.22. The molecule has 0 radical (unpaired) electrons. The quantitative estimate of drug-likeness (QED) is 0.727. The second-order valence-corrected chi connectivity index (χ2v) is 4.56. The number of nitrogens with one attached hydrogen (secondary N) is 1. The molecule has 0 saturated heterocycles. The van der Waals surface area contributed by atoms with E-state index < -0.39 is 11.7 Å². The first-order valence-corrected chi connectivity index (χ1v) is 6.01.